The Morgan fingerprint density at radius 1 is 1.39 bits per heavy atom. The fourth-order valence-corrected chi connectivity index (χ4v) is 2.20. The number of alkyl halides is 3. The number of nitrogens with zero attached hydrogens (tertiary/aromatic N) is 1. The highest BCUT2D eigenvalue weighted by Gasteiger charge is 2.41. The van der Waals surface area contributed by atoms with Gasteiger partial charge in [0.2, 0.25) is 10.0 Å². The van der Waals surface area contributed by atoms with Crippen molar-refractivity contribution >= 4 is 10.0 Å². The van der Waals surface area contributed by atoms with Gasteiger partial charge in [-0.25, -0.2) is 13.6 Å². The Kier molecular flexibility index (Phi) is 2.98. The number of sulfonamides is 1. The molecule has 100 valence electrons. The molecular weight excluding hydrogens is 273 g/mol. The highest BCUT2D eigenvalue weighted by molar-refractivity contribution is 7.89. The zero-order valence-corrected chi connectivity index (χ0v) is 9.75. The fraction of sp³-hybridized carbons (Fsp3) is 0.444. The van der Waals surface area contributed by atoms with Crippen LogP contribution in [-0.2, 0) is 16.2 Å². The average Bonchev–Trinajstić information content (AvgIpc) is 2.98. The Labute approximate surface area is 101 Å². The Morgan fingerprint density at radius 2 is 2.00 bits per heavy atom. The number of aromatic nitrogens is 1. The van der Waals surface area contributed by atoms with Crippen LogP contribution in [-0.4, -0.2) is 19.5 Å². The summed E-state index contributed by atoms with van der Waals surface area (Å²) in [6, 6.07) is 1.06. The summed E-state index contributed by atoms with van der Waals surface area (Å²) in [7, 11) is -4.57. The lowest BCUT2D eigenvalue weighted by molar-refractivity contribution is -0.143. The molecule has 1 aromatic heterocycles. The van der Waals surface area contributed by atoms with Gasteiger partial charge in [-0.1, -0.05) is 0 Å². The van der Waals surface area contributed by atoms with Crippen molar-refractivity contribution < 1.29 is 26.3 Å². The SMILES string of the molecule is NS(=O)(=O)c1c(OC2CC2)ccnc1C(F)(F)F. The molecule has 0 aromatic carbocycles. The van der Waals surface area contributed by atoms with Crippen LogP contribution in [0.2, 0.25) is 0 Å². The molecule has 0 spiro atoms. The summed E-state index contributed by atoms with van der Waals surface area (Å²) in [5.41, 5.74) is -1.55. The van der Waals surface area contributed by atoms with E-state index < -0.39 is 32.5 Å². The molecule has 9 heteroatoms. The molecule has 1 aromatic rings. The highest BCUT2D eigenvalue weighted by Crippen LogP contribution is 2.38. The van der Waals surface area contributed by atoms with Gasteiger partial charge < -0.3 is 4.74 Å². The summed E-state index contributed by atoms with van der Waals surface area (Å²) < 4.78 is 65.7. The van der Waals surface area contributed by atoms with Crippen LogP contribution >= 0.6 is 0 Å². The van der Waals surface area contributed by atoms with E-state index in [1.54, 1.807) is 0 Å². The molecule has 1 heterocycles. The molecule has 0 atom stereocenters. The minimum atomic E-state index is -4.91. The maximum absolute atomic E-state index is 12.7. The van der Waals surface area contributed by atoms with Crippen molar-refractivity contribution in [2.45, 2.75) is 30.0 Å². The molecule has 5 nitrogen and oxygen atoms in total. The van der Waals surface area contributed by atoms with Crippen molar-refractivity contribution in [3.05, 3.63) is 18.0 Å². The summed E-state index contributed by atoms with van der Waals surface area (Å²) in [5.74, 6) is -0.401. The van der Waals surface area contributed by atoms with Gasteiger partial charge in [0.15, 0.2) is 10.6 Å². The Balaban J connectivity index is 2.59. The van der Waals surface area contributed by atoms with Crippen LogP contribution in [0.15, 0.2) is 17.2 Å². The smallest absolute Gasteiger partial charge is 0.434 e. The van der Waals surface area contributed by atoms with Gasteiger partial charge in [0.05, 0.1) is 6.10 Å². The Bertz CT molecular complexity index is 567. The lowest BCUT2D eigenvalue weighted by Crippen LogP contribution is -2.22. The van der Waals surface area contributed by atoms with Crippen LogP contribution in [0.25, 0.3) is 0 Å². The van der Waals surface area contributed by atoms with Gasteiger partial charge in [-0.05, 0) is 18.9 Å². The zero-order valence-electron chi connectivity index (χ0n) is 8.94. The van der Waals surface area contributed by atoms with Crippen molar-refractivity contribution in [2.75, 3.05) is 0 Å². The van der Waals surface area contributed by atoms with Crippen LogP contribution < -0.4 is 9.88 Å². The van der Waals surface area contributed by atoms with Gasteiger partial charge in [0.1, 0.15) is 5.75 Å². The van der Waals surface area contributed by atoms with Crippen LogP contribution in [0.5, 0.6) is 5.75 Å². The molecule has 0 amide bonds. The average molecular weight is 282 g/mol. The predicted molar refractivity (Wildman–Crippen MR) is 54.3 cm³/mol. The molecule has 0 radical (unpaired) electrons. The summed E-state index contributed by atoms with van der Waals surface area (Å²) in [5, 5.41) is 4.80. The van der Waals surface area contributed by atoms with Crippen molar-refractivity contribution in [3.63, 3.8) is 0 Å². The van der Waals surface area contributed by atoms with E-state index in [-0.39, 0.29) is 6.10 Å². The van der Waals surface area contributed by atoms with E-state index >= 15 is 0 Å². The maximum atomic E-state index is 12.7. The minimum Gasteiger partial charge on any atom is -0.489 e. The van der Waals surface area contributed by atoms with E-state index in [1.807, 2.05) is 0 Å². The number of hydrogen-bond acceptors (Lipinski definition) is 4. The number of ether oxygens (including phenoxy) is 1. The second-order valence-electron chi connectivity index (χ2n) is 3.85. The second kappa shape index (κ2) is 4.09. The number of pyridine rings is 1. The first kappa shape index (κ1) is 13.1. The number of hydrogen-bond donors (Lipinski definition) is 1. The Morgan fingerprint density at radius 3 is 2.44 bits per heavy atom. The molecule has 1 aliphatic carbocycles. The molecule has 1 saturated carbocycles. The molecule has 2 rings (SSSR count). The van der Waals surface area contributed by atoms with Crippen LogP contribution in [0, 0.1) is 0 Å². The monoisotopic (exact) mass is 282 g/mol. The third-order valence-corrected chi connectivity index (χ3v) is 3.20. The third kappa shape index (κ3) is 2.72. The van der Waals surface area contributed by atoms with Gasteiger partial charge >= 0.3 is 6.18 Å². The molecule has 1 aliphatic rings. The summed E-state index contributed by atoms with van der Waals surface area (Å²) in [4.78, 5) is 1.93. The topological polar surface area (TPSA) is 82.3 Å². The van der Waals surface area contributed by atoms with Crippen LogP contribution in [0.1, 0.15) is 18.5 Å². The first-order valence-electron chi connectivity index (χ1n) is 4.95. The van der Waals surface area contributed by atoms with Crippen LogP contribution in [0.4, 0.5) is 13.2 Å². The summed E-state index contributed by atoms with van der Waals surface area (Å²) in [6.45, 7) is 0. The first-order chi connectivity index (χ1) is 8.19. The van der Waals surface area contributed by atoms with Gasteiger partial charge in [-0.2, -0.15) is 13.2 Å². The molecule has 0 aliphatic heterocycles. The van der Waals surface area contributed by atoms with Gasteiger partial charge in [-0.3, -0.25) is 4.98 Å². The summed E-state index contributed by atoms with van der Waals surface area (Å²) in [6.07, 6.45) is -2.98. The van der Waals surface area contributed by atoms with E-state index in [2.05, 4.69) is 4.98 Å². The molecule has 2 N–H and O–H groups in total. The minimum absolute atomic E-state index is 0.256. The number of halogens is 3. The molecule has 0 unspecified atom stereocenters. The lowest BCUT2D eigenvalue weighted by Gasteiger charge is -2.14. The fourth-order valence-electron chi connectivity index (χ4n) is 1.37. The third-order valence-electron chi connectivity index (χ3n) is 2.24. The standard InChI is InChI=1S/C9H9F3N2O3S/c10-9(11,12)8-7(18(13,15)16)6(3-4-14-8)17-5-1-2-5/h3-5H,1-2H2,(H2,13,15,16). The Hall–Kier alpha value is -1.35. The predicted octanol–water partition coefficient (Wildman–Crippen LogP) is 1.29. The molecule has 1 fully saturated rings. The van der Waals surface area contributed by atoms with E-state index in [1.165, 1.54) is 0 Å². The zero-order chi connectivity index (χ0) is 13.6. The van der Waals surface area contributed by atoms with E-state index in [4.69, 9.17) is 9.88 Å². The van der Waals surface area contributed by atoms with Gasteiger partial charge in [-0.15, -0.1) is 0 Å². The maximum Gasteiger partial charge on any atom is 0.434 e. The molecule has 0 saturated heterocycles. The van der Waals surface area contributed by atoms with Crippen molar-refractivity contribution in [3.8, 4) is 5.75 Å². The number of nitrogens with two attached hydrogens (primary N) is 1. The number of primary sulfonamides is 1. The molecular formula is C9H9F3N2O3S. The molecule has 18 heavy (non-hydrogen) atoms. The van der Waals surface area contributed by atoms with E-state index in [0.29, 0.717) is 12.8 Å². The van der Waals surface area contributed by atoms with Crippen molar-refractivity contribution in [1.82, 2.24) is 4.98 Å². The van der Waals surface area contributed by atoms with E-state index in [9.17, 15) is 21.6 Å². The van der Waals surface area contributed by atoms with Crippen molar-refractivity contribution in [2.24, 2.45) is 5.14 Å². The largest absolute Gasteiger partial charge is 0.489 e. The van der Waals surface area contributed by atoms with Crippen molar-refractivity contribution in [1.29, 1.82) is 0 Å². The van der Waals surface area contributed by atoms with Gasteiger partial charge in [0.25, 0.3) is 0 Å². The normalized spacial score (nSPS) is 16.7. The second-order valence-corrected chi connectivity index (χ2v) is 5.35. The van der Waals surface area contributed by atoms with E-state index in [0.717, 1.165) is 12.3 Å². The highest BCUT2D eigenvalue weighted by atomic mass is 32.2. The quantitative estimate of drug-likeness (QED) is 0.905. The summed E-state index contributed by atoms with van der Waals surface area (Å²) >= 11 is 0. The lowest BCUT2D eigenvalue weighted by atomic mass is 10.3. The van der Waals surface area contributed by atoms with Gasteiger partial charge in [0, 0.05) is 6.20 Å². The van der Waals surface area contributed by atoms with Crippen LogP contribution in [0.3, 0.4) is 0 Å². The first-order valence-corrected chi connectivity index (χ1v) is 6.50. The molecule has 0 bridgehead atoms. The number of rotatable bonds is 3.